The molecular formula is C21H28N6OS. The van der Waals surface area contributed by atoms with Crippen LogP contribution in [0.25, 0.3) is 6.08 Å². The molecule has 2 aliphatic rings. The zero-order valence-electron chi connectivity index (χ0n) is 17.1. The number of carbonyl (C=O) groups excluding carboxylic acids is 1. The lowest BCUT2D eigenvalue weighted by Crippen LogP contribution is -2.49. The summed E-state index contributed by atoms with van der Waals surface area (Å²) < 4.78 is 0. The summed E-state index contributed by atoms with van der Waals surface area (Å²) >= 11 is 1.63. The summed E-state index contributed by atoms with van der Waals surface area (Å²) in [7, 11) is 2.16. The van der Waals surface area contributed by atoms with Crippen LogP contribution in [0.2, 0.25) is 0 Å². The molecule has 2 fully saturated rings. The number of thiophene rings is 1. The Hall–Kier alpha value is -2.45. The van der Waals surface area contributed by atoms with Gasteiger partial charge in [0, 0.05) is 75.1 Å². The van der Waals surface area contributed by atoms with E-state index < -0.39 is 0 Å². The van der Waals surface area contributed by atoms with Crippen molar-refractivity contribution in [2.75, 3.05) is 69.2 Å². The summed E-state index contributed by atoms with van der Waals surface area (Å²) in [6.45, 7) is 9.00. The number of nitrogens with zero attached hydrogens (tertiary/aromatic N) is 6. The van der Waals surface area contributed by atoms with E-state index in [2.05, 4.69) is 32.8 Å². The first-order chi connectivity index (χ1) is 14.1. The van der Waals surface area contributed by atoms with Crippen LogP contribution in [0.1, 0.15) is 10.6 Å². The van der Waals surface area contributed by atoms with E-state index in [4.69, 9.17) is 4.98 Å². The average molecular weight is 413 g/mol. The Morgan fingerprint density at radius 2 is 1.76 bits per heavy atom. The molecule has 2 aromatic rings. The third kappa shape index (κ3) is 4.94. The van der Waals surface area contributed by atoms with E-state index in [0.717, 1.165) is 61.6 Å². The number of anilines is 2. The molecule has 2 aliphatic heterocycles. The van der Waals surface area contributed by atoms with Crippen molar-refractivity contribution >= 4 is 35.1 Å². The fourth-order valence-corrected chi connectivity index (χ4v) is 4.27. The van der Waals surface area contributed by atoms with Crippen molar-refractivity contribution < 1.29 is 4.79 Å². The highest BCUT2D eigenvalue weighted by molar-refractivity contribution is 7.10. The maximum absolute atomic E-state index is 12.5. The quantitative estimate of drug-likeness (QED) is 0.716. The fourth-order valence-electron chi connectivity index (χ4n) is 3.65. The number of likely N-dealkylation sites (N-methyl/N-ethyl adjacent to an activating group) is 1. The van der Waals surface area contributed by atoms with E-state index in [1.54, 1.807) is 17.4 Å². The number of carbonyl (C=O) groups is 1. The fraction of sp³-hybridized carbons (Fsp3) is 0.476. The molecule has 0 spiro atoms. The monoisotopic (exact) mass is 412 g/mol. The van der Waals surface area contributed by atoms with Crippen LogP contribution in [0, 0.1) is 6.92 Å². The first-order valence-corrected chi connectivity index (χ1v) is 11.0. The van der Waals surface area contributed by atoms with Gasteiger partial charge in [-0.05, 0) is 31.5 Å². The first-order valence-electron chi connectivity index (χ1n) is 10.1. The van der Waals surface area contributed by atoms with Gasteiger partial charge in [-0.2, -0.15) is 4.98 Å². The topological polar surface area (TPSA) is 55.8 Å². The van der Waals surface area contributed by atoms with Crippen molar-refractivity contribution in [3.8, 4) is 0 Å². The van der Waals surface area contributed by atoms with E-state index in [-0.39, 0.29) is 5.91 Å². The Labute approximate surface area is 176 Å². The maximum atomic E-state index is 12.5. The third-order valence-electron chi connectivity index (χ3n) is 5.46. The van der Waals surface area contributed by atoms with Gasteiger partial charge in [0.15, 0.2) is 0 Å². The number of hydrogen-bond acceptors (Lipinski definition) is 7. The van der Waals surface area contributed by atoms with Crippen LogP contribution >= 0.6 is 11.3 Å². The van der Waals surface area contributed by atoms with Gasteiger partial charge in [-0.1, -0.05) is 6.07 Å². The third-order valence-corrected chi connectivity index (χ3v) is 6.30. The molecule has 2 aromatic heterocycles. The molecule has 8 heteroatoms. The van der Waals surface area contributed by atoms with Crippen LogP contribution in [0.4, 0.5) is 11.8 Å². The van der Waals surface area contributed by atoms with Crippen molar-refractivity contribution in [1.29, 1.82) is 0 Å². The van der Waals surface area contributed by atoms with Gasteiger partial charge in [0.05, 0.1) is 0 Å². The zero-order chi connectivity index (χ0) is 20.2. The molecule has 0 radical (unpaired) electrons. The Kier molecular flexibility index (Phi) is 6.10. The van der Waals surface area contributed by atoms with E-state index in [9.17, 15) is 4.79 Å². The molecule has 29 heavy (non-hydrogen) atoms. The number of aryl methyl sites for hydroxylation is 1. The summed E-state index contributed by atoms with van der Waals surface area (Å²) in [5.74, 6) is 1.86. The van der Waals surface area contributed by atoms with Crippen molar-refractivity contribution in [3.05, 3.63) is 40.2 Å². The maximum Gasteiger partial charge on any atom is 0.246 e. The number of amides is 1. The minimum absolute atomic E-state index is 0.0707. The van der Waals surface area contributed by atoms with Gasteiger partial charge < -0.3 is 19.6 Å². The van der Waals surface area contributed by atoms with Gasteiger partial charge in [0.2, 0.25) is 11.9 Å². The second-order valence-electron chi connectivity index (χ2n) is 7.62. The molecule has 0 N–H and O–H groups in total. The van der Waals surface area contributed by atoms with Crippen LogP contribution in [0.5, 0.6) is 0 Å². The molecule has 0 atom stereocenters. The molecule has 0 aromatic carbocycles. The number of piperazine rings is 2. The molecule has 2 saturated heterocycles. The number of hydrogen-bond donors (Lipinski definition) is 0. The second-order valence-corrected chi connectivity index (χ2v) is 8.60. The standard InChI is InChI=1S/C21H28N6OS/c1-17-16-19(25-9-7-24(2)8-10-25)23-21(22-17)27-13-11-26(12-14-27)20(28)6-5-18-4-3-15-29-18/h3-6,15-16H,7-14H2,1-2H3/b6-5+. The molecule has 4 rings (SSSR count). The van der Waals surface area contributed by atoms with Gasteiger partial charge >= 0.3 is 0 Å². The molecule has 0 unspecified atom stereocenters. The molecule has 0 bridgehead atoms. The minimum Gasteiger partial charge on any atom is -0.354 e. The molecule has 0 aliphatic carbocycles. The predicted molar refractivity (Wildman–Crippen MR) is 119 cm³/mol. The number of aromatic nitrogens is 2. The van der Waals surface area contributed by atoms with Gasteiger partial charge in [-0.25, -0.2) is 4.98 Å². The lowest BCUT2D eigenvalue weighted by Gasteiger charge is -2.36. The van der Waals surface area contributed by atoms with Crippen LogP contribution in [0.15, 0.2) is 29.7 Å². The normalized spacial score (nSPS) is 18.6. The second kappa shape index (κ2) is 8.92. The molecule has 1 amide bonds. The van der Waals surface area contributed by atoms with Gasteiger partial charge in [0.25, 0.3) is 0 Å². The van der Waals surface area contributed by atoms with E-state index in [1.165, 1.54) is 0 Å². The highest BCUT2D eigenvalue weighted by Gasteiger charge is 2.23. The van der Waals surface area contributed by atoms with Crippen molar-refractivity contribution in [2.24, 2.45) is 0 Å². The lowest BCUT2D eigenvalue weighted by atomic mass is 10.3. The minimum atomic E-state index is 0.0707. The Morgan fingerprint density at radius 3 is 2.45 bits per heavy atom. The Morgan fingerprint density at radius 1 is 1.03 bits per heavy atom. The summed E-state index contributed by atoms with van der Waals surface area (Å²) in [5.41, 5.74) is 0.987. The van der Waals surface area contributed by atoms with Crippen molar-refractivity contribution in [3.63, 3.8) is 0 Å². The zero-order valence-corrected chi connectivity index (χ0v) is 17.9. The van der Waals surface area contributed by atoms with Crippen molar-refractivity contribution in [2.45, 2.75) is 6.92 Å². The highest BCUT2D eigenvalue weighted by atomic mass is 32.1. The average Bonchev–Trinajstić information content (AvgIpc) is 3.26. The highest BCUT2D eigenvalue weighted by Crippen LogP contribution is 2.20. The molecule has 0 saturated carbocycles. The van der Waals surface area contributed by atoms with Crippen LogP contribution in [0.3, 0.4) is 0 Å². The van der Waals surface area contributed by atoms with E-state index in [1.807, 2.05) is 35.4 Å². The van der Waals surface area contributed by atoms with Crippen LogP contribution < -0.4 is 9.80 Å². The number of rotatable bonds is 4. The van der Waals surface area contributed by atoms with Crippen LogP contribution in [-0.4, -0.2) is 85.1 Å². The van der Waals surface area contributed by atoms with Gasteiger partial charge in [-0.3, -0.25) is 4.79 Å². The lowest BCUT2D eigenvalue weighted by molar-refractivity contribution is -0.126. The first kappa shape index (κ1) is 19.8. The summed E-state index contributed by atoms with van der Waals surface area (Å²) in [5, 5.41) is 2.02. The smallest absolute Gasteiger partial charge is 0.246 e. The molecule has 4 heterocycles. The van der Waals surface area contributed by atoms with Gasteiger partial charge in [0.1, 0.15) is 5.82 Å². The van der Waals surface area contributed by atoms with Crippen molar-refractivity contribution in [1.82, 2.24) is 19.8 Å². The largest absolute Gasteiger partial charge is 0.354 e. The van der Waals surface area contributed by atoms with E-state index >= 15 is 0 Å². The Bertz CT molecular complexity index is 852. The SMILES string of the molecule is Cc1cc(N2CCN(C)CC2)nc(N2CCN(C(=O)/C=C/c3cccs3)CC2)n1. The Balaban J connectivity index is 1.37. The molecule has 154 valence electrons. The predicted octanol–water partition coefficient (Wildman–Crippen LogP) is 1.96. The summed E-state index contributed by atoms with van der Waals surface area (Å²) in [6, 6.07) is 6.08. The van der Waals surface area contributed by atoms with E-state index in [0.29, 0.717) is 13.1 Å². The molecular weight excluding hydrogens is 384 g/mol. The summed E-state index contributed by atoms with van der Waals surface area (Å²) in [4.78, 5) is 31.9. The van der Waals surface area contributed by atoms with Crippen LogP contribution in [-0.2, 0) is 4.79 Å². The molecule has 7 nitrogen and oxygen atoms in total. The van der Waals surface area contributed by atoms with Gasteiger partial charge in [-0.15, -0.1) is 11.3 Å². The summed E-state index contributed by atoms with van der Waals surface area (Å²) in [6.07, 6.45) is 3.57.